The number of amides is 2. The highest BCUT2D eigenvalue weighted by Gasteiger charge is 2.38. The van der Waals surface area contributed by atoms with Crippen molar-refractivity contribution in [3.63, 3.8) is 0 Å². The highest BCUT2D eigenvalue weighted by molar-refractivity contribution is 7.89. The van der Waals surface area contributed by atoms with Crippen LogP contribution < -0.4 is 10.5 Å². The maximum absolute atomic E-state index is 12.8. The average Bonchev–Trinajstić information content (AvgIpc) is 3.29. The van der Waals surface area contributed by atoms with E-state index in [0.717, 1.165) is 13.0 Å². The monoisotopic (exact) mass is 434 g/mol. The third kappa shape index (κ3) is 4.14. The van der Waals surface area contributed by atoms with Gasteiger partial charge < -0.3 is 15.4 Å². The van der Waals surface area contributed by atoms with E-state index in [-0.39, 0.29) is 36.5 Å². The predicted octanol–water partition coefficient (Wildman–Crippen LogP) is -0.490. The summed E-state index contributed by atoms with van der Waals surface area (Å²) in [5, 5.41) is 8.20. The molecule has 2 saturated heterocycles. The van der Waals surface area contributed by atoms with Crippen LogP contribution in [0.2, 0.25) is 0 Å². The first-order valence-corrected chi connectivity index (χ1v) is 11.0. The minimum atomic E-state index is -3.64. The van der Waals surface area contributed by atoms with Crippen LogP contribution in [0.5, 0.6) is 5.75 Å². The van der Waals surface area contributed by atoms with Crippen molar-refractivity contribution in [2.45, 2.75) is 30.3 Å². The van der Waals surface area contributed by atoms with Gasteiger partial charge in [-0.05, 0) is 30.7 Å². The second-order valence-electron chi connectivity index (χ2n) is 7.31. The largest absolute Gasteiger partial charge is 0.484 e. The summed E-state index contributed by atoms with van der Waals surface area (Å²) >= 11 is 0. The number of likely N-dealkylation sites (tertiary alicyclic amines) is 1. The third-order valence-electron chi connectivity index (χ3n) is 5.13. The lowest BCUT2D eigenvalue weighted by Crippen LogP contribution is -2.50. The van der Waals surface area contributed by atoms with E-state index in [1.54, 1.807) is 15.8 Å². The van der Waals surface area contributed by atoms with Crippen molar-refractivity contribution in [1.29, 1.82) is 0 Å². The van der Waals surface area contributed by atoms with Gasteiger partial charge in [-0.1, -0.05) is 5.21 Å². The number of sulfonamides is 1. The Morgan fingerprint density at radius 1 is 1.23 bits per heavy atom. The van der Waals surface area contributed by atoms with Crippen molar-refractivity contribution >= 4 is 21.8 Å². The molecular formula is C18H22N6O5S. The third-order valence-corrected chi connectivity index (χ3v) is 6.97. The molecule has 2 N–H and O–H groups in total. The van der Waals surface area contributed by atoms with E-state index in [0.29, 0.717) is 24.4 Å². The Bertz CT molecular complexity index is 1050. The first kappa shape index (κ1) is 20.3. The number of aromatic nitrogens is 3. The summed E-state index contributed by atoms with van der Waals surface area (Å²) in [6.45, 7) is 1.46. The highest BCUT2D eigenvalue weighted by Crippen LogP contribution is 2.29. The van der Waals surface area contributed by atoms with Gasteiger partial charge in [-0.2, -0.15) is 4.31 Å². The number of primary amides is 1. The maximum Gasteiger partial charge on any atom is 0.255 e. The molecular weight excluding hydrogens is 412 g/mol. The van der Waals surface area contributed by atoms with Gasteiger partial charge >= 0.3 is 0 Å². The van der Waals surface area contributed by atoms with Crippen molar-refractivity contribution in [3.8, 4) is 5.75 Å². The summed E-state index contributed by atoms with van der Waals surface area (Å²) in [4.78, 5) is 24.4. The summed E-state index contributed by atoms with van der Waals surface area (Å²) in [6, 6.07) is 5.72. The van der Waals surface area contributed by atoms with Crippen LogP contribution in [0.15, 0.2) is 35.4 Å². The summed E-state index contributed by atoms with van der Waals surface area (Å²) in [5.74, 6) is -0.126. The summed E-state index contributed by atoms with van der Waals surface area (Å²) in [7, 11) is -3.64. The zero-order valence-electron chi connectivity index (χ0n) is 16.2. The molecule has 1 aromatic carbocycles. The van der Waals surface area contributed by atoms with Crippen molar-refractivity contribution in [1.82, 2.24) is 24.2 Å². The molecule has 2 aliphatic rings. The standard InChI is InChI=1S/C18H22N6O5S/c19-17(25)12-29-15-3-5-16(6-4-15)30(27,28)23-10-14(11-23)24-9-13(20-21-24)8-22-7-1-2-18(22)26/h3-6,9,14H,1-2,7-8,10-12H2,(H2,19,25). The van der Waals surface area contributed by atoms with Gasteiger partial charge in [0, 0.05) is 26.1 Å². The number of rotatable bonds is 8. The Morgan fingerprint density at radius 3 is 2.60 bits per heavy atom. The molecule has 2 amide bonds. The smallest absolute Gasteiger partial charge is 0.255 e. The molecule has 0 radical (unpaired) electrons. The number of ether oxygens (including phenoxy) is 1. The molecule has 0 bridgehead atoms. The van der Waals surface area contributed by atoms with Crippen LogP contribution in [0.1, 0.15) is 24.6 Å². The van der Waals surface area contributed by atoms with E-state index >= 15 is 0 Å². The van der Waals surface area contributed by atoms with Gasteiger partial charge in [-0.15, -0.1) is 5.10 Å². The number of hydrogen-bond acceptors (Lipinski definition) is 7. The first-order valence-electron chi connectivity index (χ1n) is 9.53. The van der Waals surface area contributed by atoms with Crippen LogP contribution in [0.3, 0.4) is 0 Å². The molecule has 160 valence electrons. The van der Waals surface area contributed by atoms with Gasteiger partial charge in [0.25, 0.3) is 5.91 Å². The van der Waals surface area contributed by atoms with Gasteiger partial charge in [0.1, 0.15) is 11.4 Å². The van der Waals surface area contributed by atoms with Crippen molar-refractivity contribution in [2.24, 2.45) is 5.73 Å². The topological polar surface area (TPSA) is 141 Å². The number of nitrogens with zero attached hydrogens (tertiary/aromatic N) is 5. The van der Waals surface area contributed by atoms with Gasteiger partial charge in [-0.25, -0.2) is 13.1 Å². The Labute approximate surface area is 173 Å². The summed E-state index contributed by atoms with van der Waals surface area (Å²) < 4.78 is 33.7. The van der Waals surface area contributed by atoms with Crippen molar-refractivity contribution in [2.75, 3.05) is 26.2 Å². The normalized spacial score (nSPS) is 17.9. The fraction of sp³-hybridized carbons (Fsp3) is 0.444. The molecule has 0 saturated carbocycles. The molecule has 2 fully saturated rings. The van der Waals surface area contributed by atoms with Gasteiger partial charge in [-0.3, -0.25) is 9.59 Å². The molecule has 0 aliphatic carbocycles. The van der Waals surface area contributed by atoms with Crippen LogP contribution in [0, 0.1) is 0 Å². The predicted molar refractivity (Wildman–Crippen MR) is 104 cm³/mol. The van der Waals surface area contributed by atoms with Crippen LogP contribution >= 0.6 is 0 Å². The zero-order valence-corrected chi connectivity index (χ0v) is 17.0. The number of carbonyl (C=O) groups excluding carboxylic acids is 2. The molecule has 2 aromatic rings. The number of carbonyl (C=O) groups is 2. The quantitative estimate of drug-likeness (QED) is 0.591. The fourth-order valence-corrected chi connectivity index (χ4v) is 4.94. The fourth-order valence-electron chi connectivity index (χ4n) is 3.42. The summed E-state index contributed by atoms with van der Waals surface area (Å²) in [5.41, 5.74) is 5.71. The Morgan fingerprint density at radius 2 is 1.97 bits per heavy atom. The minimum absolute atomic E-state index is 0.103. The Balaban J connectivity index is 1.34. The van der Waals surface area contributed by atoms with E-state index in [4.69, 9.17) is 10.5 Å². The molecule has 11 nitrogen and oxygen atoms in total. The van der Waals surface area contributed by atoms with E-state index in [9.17, 15) is 18.0 Å². The van der Waals surface area contributed by atoms with E-state index < -0.39 is 15.9 Å². The lowest BCUT2D eigenvalue weighted by Gasteiger charge is -2.37. The van der Waals surface area contributed by atoms with Crippen molar-refractivity contribution < 1.29 is 22.7 Å². The van der Waals surface area contributed by atoms with Gasteiger partial charge in [0.2, 0.25) is 15.9 Å². The molecule has 1 aromatic heterocycles. The number of nitrogens with two attached hydrogens (primary N) is 1. The highest BCUT2D eigenvalue weighted by atomic mass is 32.2. The molecule has 2 aliphatic heterocycles. The minimum Gasteiger partial charge on any atom is -0.484 e. The van der Waals surface area contributed by atoms with Crippen LogP contribution in [-0.4, -0.2) is 70.7 Å². The van der Waals surface area contributed by atoms with Crippen molar-refractivity contribution in [3.05, 3.63) is 36.2 Å². The van der Waals surface area contributed by atoms with Crippen LogP contribution in [0.4, 0.5) is 0 Å². The first-order chi connectivity index (χ1) is 14.3. The van der Waals surface area contributed by atoms with Crippen LogP contribution in [-0.2, 0) is 26.2 Å². The number of benzene rings is 1. The zero-order chi connectivity index (χ0) is 21.3. The lowest BCUT2D eigenvalue weighted by atomic mass is 10.2. The van der Waals surface area contributed by atoms with E-state index in [2.05, 4.69) is 10.3 Å². The second-order valence-corrected chi connectivity index (χ2v) is 9.25. The summed E-state index contributed by atoms with van der Waals surface area (Å²) in [6.07, 6.45) is 3.20. The SMILES string of the molecule is NC(=O)COc1ccc(S(=O)(=O)N2CC(n3cc(CN4CCCC4=O)nn3)C2)cc1. The molecule has 4 rings (SSSR count). The molecule has 3 heterocycles. The van der Waals surface area contributed by atoms with E-state index in [1.807, 2.05) is 0 Å². The maximum atomic E-state index is 12.8. The average molecular weight is 434 g/mol. The second kappa shape index (κ2) is 8.03. The molecule has 0 spiro atoms. The van der Waals surface area contributed by atoms with Gasteiger partial charge in [0.05, 0.1) is 23.7 Å². The van der Waals surface area contributed by atoms with Gasteiger partial charge in [0.15, 0.2) is 6.61 Å². The molecule has 30 heavy (non-hydrogen) atoms. The lowest BCUT2D eigenvalue weighted by molar-refractivity contribution is -0.128. The Hall–Kier alpha value is -2.99. The van der Waals surface area contributed by atoms with Crippen LogP contribution in [0.25, 0.3) is 0 Å². The van der Waals surface area contributed by atoms with E-state index in [1.165, 1.54) is 28.6 Å². The molecule has 0 atom stereocenters. The Kier molecular flexibility index (Phi) is 5.43. The molecule has 0 unspecified atom stereocenters. The number of hydrogen-bond donors (Lipinski definition) is 1. The molecule has 12 heteroatoms.